The van der Waals surface area contributed by atoms with Gasteiger partial charge in [-0.05, 0) is 35.9 Å². The fraction of sp³-hybridized carbons (Fsp3) is 0. The lowest BCUT2D eigenvalue weighted by atomic mass is 10.2. The van der Waals surface area contributed by atoms with Gasteiger partial charge in [-0.25, -0.2) is 4.39 Å². The second kappa shape index (κ2) is 6.94. The Balaban J connectivity index is 2.10. The van der Waals surface area contributed by atoms with Crippen molar-refractivity contribution in [1.82, 2.24) is 0 Å². The van der Waals surface area contributed by atoms with Crippen LogP contribution in [0.25, 0.3) is 6.08 Å². The number of carbonyl (C=O) groups excluding carboxylic acids is 1. The minimum atomic E-state index is -0.412. The van der Waals surface area contributed by atoms with E-state index in [2.05, 4.69) is 5.32 Å². The Labute approximate surface area is 136 Å². The molecule has 0 bridgehead atoms. The highest BCUT2D eigenvalue weighted by molar-refractivity contribution is 6.42. The van der Waals surface area contributed by atoms with E-state index in [4.69, 9.17) is 34.8 Å². The van der Waals surface area contributed by atoms with E-state index in [0.717, 1.165) is 0 Å². The minimum absolute atomic E-state index is 0.246. The van der Waals surface area contributed by atoms with Gasteiger partial charge < -0.3 is 5.32 Å². The molecule has 1 N–H and O–H groups in total. The fourth-order valence-electron chi connectivity index (χ4n) is 1.57. The first-order valence-electron chi connectivity index (χ1n) is 5.85. The van der Waals surface area contributed by atoms with Gasteiger partial charge in [-0.15, -0.1) is 0 Å². The Morgan fingerprint density at radius 1 is 1.05 bits per heavy atom. The molecule has 2 rings (SSSR count). The van der Waals surface area contributed by atoms with E-state index in [0.29, 0.717) is 10.6 Å². The number of rotatable bonds is 3. The van der Waals surface area contributed by atoms with Crippen LogP contribution in [0.15, 0.2) is 42.5 Å². The van der Waals surface area contributed by atoms with Gasteiger partial charge in [0, 0.05) is 11.1 Å². The SMILES string of the molecule is O=C(/C=C/c1ccc(F)cc1)Nc1c(Cl)cc(Cl)cc1Cl. The number of carbonyl (C=O) groups is 1. The van der Waals surface area contributed by atoms with Gasteiger partial charge in [0.1, 0.15) is 5.82 Å². The van der Waals surface area contributed by atoms with Crippen molar-refractivity contribution in [2.75, 3.05) is 5.32 Å². The molecule has 0 saturated heterocycles. The average molecular weight is 345 g/mol. The van der Waals surface area contributed by atoms with Crippen LogP contribution in [0.4, 0.5) is 10.1 Å². The zero-order valence-corrected chi connectivity index (χ0v) is 12.8. The maximum Gasteiger partial charge on any atom is 0.248 e. The molecule has 0 atom stereocenters. The van der Waals surface area contributed by atoms with Gasteiger partial charge in [0.15, 0.2) is 0 Å². The highest BCUT2D eigenvalue weighted by atomic mass is 35.5. The molecule has 0 radical (unpaired) electrons. The smallest absolute Gasteiger partial charge is 0.248 e. The molecule has 0 fully saturated rings. The molecule has 108 valence electrons. The van der Waals surface area contributed by atoms with Crippen LogP contribution < -0.4 is 5.32 Å². The summed E-state index contributed by atoms with van der Waals surface area (Å²) in [5.41, 5.74) is 0.983. The van der Waals surface area contributed by atoms with Gasteiger partial charge in [-0.1, -0.05) is 46.9 Å². The molecule has 0 aliphatic heterocycles. The van der Waals surface area contributed by atoms with Crippen molar-refractivity contribution in [2.24, 2.45) is 0 Å². The first-order chi connectivity index (χ1) is 9.95. The predicted octanol–water partition coefficient (Wildman–Crippen LogP) is 5.44. The Bertz CT molecular complexity index is 676. The number of hydrogen-bond donors (Lipinski definition) is 1. The number of benzene rings is 2. The third-order valence-electron chi connectivity index (χ3n) is 2.55. The molecule has 0 heterocycles. The Morgan fingerprint density at radius 2 is 1.62 bits per heavy atom. The van der Waals surface area contributed by atoms with Crippen molar-refractivity contribution >= 4 is 52.5 Å². The third kappa shape index (κ3) is 4.46. The summed E-state index contributed by atoms with van der Waals surface area (Å²) in [6, 6.07) is 8.69. The molecule has 0 aliphatic rings. The van der Waals surface area contributed by atoms with Gasteiger partial charge in [0.05, 0.1) is 15.7 Å². The predicted molar refractivity (Wildman–Crippen MR) is 85.5 cm³/mol. The number of halogens is 4. The molecule has 2 aromatic carbocycles. The molecule has 0 saturated carbocycles. The summed E-state index contributed by atoms with van der Waals surface area (Å²) in [6.45, 7) is 0. The number of nitrogens with one attached hydrogen (secondary N) is 1. The highest BCUT2D eigenvalue weighted by Gasteiger charge is 2.09. The van der Waals surface area contributed by atoms with E-state index in [9.17, 15) is 9.18 Å². The molecular weight excluding hydrogens is 336 g/mol. The van der Waals surface area contributed by atoms with E-state index >= 15 is 0 Å². The van der Waals surface area contributed by atoms with Crippen LogP contribution in [0.2, 0.25) is 15.1 Å². The van der Waals surface area contributed by atoms with Crippen molar-refractivity contribution in [3.05, 3.63) is 68.9 Å². The quantitative estimate of drug-likeness (QED) is 0.738. The normalized spacial score (nSPS) is 10.9. The lowest BCUT2D eigenvalue weighted by Gasteiger charge is -2.07. The molecular formula is C15H9Cl3FNO. The van der Waals surface area contributed by atoms with Gasteiger partial charge in [0.25, 0.3) is 0 Å². The largest absolute Gasteiger partial charge is 0.320 e. The zero-order valence-electron chi connectivity index (χ0n) is 10.5. The van der Waals surface area contributed by atoms with E-state index < -0.39 is 5.91 Å². The van der Waals surface area contributed by atoms with Gasteiger partial charge >= 0.3 is 0 Å². The van der Waals surface area contributed by atoms with Crippen LogP contribution in [0.1, 0.15) is 5.56 Å². The molecule has 2 aromatic rings. The van der Waals surface area contributed by atoms with Crippen LogP contribution in [0.3, 0.4) is 0 Å². The molecule has 6 heteroatoms. The Hall–Kier alpha value is -1.55. The van der Waals surface area contributed by atoms with Gasteiger partial charge in [0.2, 0.25) is 5.91 Å². The second-order valence-electron chi connectivity index (χ2n) is 4.12. The number of anilines is 1. The molecule has 2 nitrogen and oxygen atoms in total. The van der Waals surface area contributed by atoms with Crippen molar-refractivity contribution < 1.29 is 9.18 Å². The van der Waals surface area contributed by atoms with Crippen molar-refractivity contribution in [3.63, 3.8) is 0 Å². The van der Waals surface area contributed by atoms with E-state index in [1.165, 1.54) is 30.3 Å². The molecule has 0 aliphatic carbocycles. The summed E-state index contributed by atoms with van der Waals surface area (Å²) >= 11 is 17.7. The summed E-state index contributed by atoms with van der Waals surface area (Å²) in [5.74, 6) is -0.748. The monoisotopic (exact) mass is 343 g/mol. The standard InChI is InChI=1S/C15H9Cl3FNO/c16-10-7-12(17)15(13(18)8-10)20-14(21)6-3-9-1-4-11(19)5-2-9/h1-8H,(H,20,21)/b6-3+. The molecule has 21 heavy (non-hydrogen) atoms. The fourth-order valence-corrected chi connectivity index (χ4v) is 2.48. The number of hydrogen-bond acceptors (Lipinski definition) is 1. The van der Waals surface area contributed by atoms with E-state index in [1.54, 1.807) is 18.2 Å². The van der Waals surface area contributed by atoms with Crippen LogP contribution in [-0.2, 0) is 4.79 Å². The van der Waals surface area contributed by atoms with E-state index in [1.807, 2.05) is 0 Å². The van der Waals surface area contributed by atoms with Crippen molar-refractivity contribution in [3.8, 4) is 0 Å². The van der Waals surface area contributed by atoms with Gasteiger partial charge in [-0.2, -0.15) is 0 Å². The van der Waals surface area contributed by atoms with Crippen molar-refractivity contribution in [1.29, 1.82) is 0 Å². The third-order valence-corrected chi connectivity index (χ3v) is 3.37. The summed E-state index contributed by atoms with van der Waals surface area (Å²) in [4.78, 5) is 11.8. The summed E-state index contributed by atoms with van der Waals surface area (Å²) in [7, 11) is 0. The summed E-state index contributed by atoms with van der Waals surface area (Å²) in [6.07, 6.45) is 2.85. The number of amides is 1. The van der Waals surface area contributed by atoms with Crippen LogP contribution >= 0.6 is 34.8 Å². The molecule has 0 spiro atoms. The molecule has 0 unspecified atom stereocenters. The first-order valence-corrected chi connectivity index (χ1v) is 6.98. The van der Waals surface area contributed by atoms with Crippen LogP contribution in [-0.4, -0.2) is 5.91 Å². The first kappa shape index (κ1) is 15.8. The summed E-state index contributed by atoms with van der Waals surface area (Å²) in [5, 5.41) is 3.44. The Morgan fingerprint density at radius 3 is 2.19 bits per heavy atom. The summed E-state index contributed by atoms with van der Waals surface area (Å²) < 4.78 is 12.8. The maximum absolute atomic E-state index is 12.8. The minimum Gasteiger partial charge on any atom is -0.320 e. The second-order valence-corrected chi connectivity index (χ2v) is 5.37. The lowest BCUT2D eigenvalue weighted by Crippen LogP contribution is -2.08. The lowest BCUT2D eigenvalue weighted by molar-refractivity contribution is -0.111. The molecule has 1 amide bonds. The maximum atomic E-state index is 12.8. The molecule has 0 aromatic heterocycles. The van der Waals surface area contributed by atoms with Crippen LogP contribution in [0, 0.1) is 5.82 Å². The van der Waals surface area contributed by atoms with Crippen molar-refractivity contribution in [2.45, 2.75) is 0 Å². The van der Waals surface area contributed by atoms with E-state index in [-0.39, 0.29) is 21.5 Å². The Kier molecular flexibility index (Phi) is 5.23. The van der Waals surface area contributed by atoms with Crippen LogP contribution in [0.5, 0.6) is 0 Å². The topological polar surface area (TPSA) is 29.1 Å². The zero-order chi connectivity index (χ0) is 15.4. The highest BCUT2D eigenvalue weighted by Crippen LogP contribution is 2.33. The average Bonchev–Trinajstić information content (AvgIpc) is 2.42. The van der Waals surface area contributed by atoms with Gasteiger partial charge in [-0.3, -0.25) is 4.79 Å².